The quantitative estimate of drug-likeness (QED) is 0.797. The van der Waals surface area contributed by atoms with E-state index in [0.29, 0.717) is 6.61 Å². The van der Waals surface area contributed by atoms with Crippen molar-refractivity contribution in [1.82, 2.24) is 4.90 Å². The highest BCUT2D eigenvalue weighted by molar-refractivity contribution is 5.85. The largest absolute Gasteiger partial charge is 0.465 e. The van der Waals surface area contributed by atoms with Crippen molar-refractivity contribution in [2.45, 2.75) is 39.2 Å². The maximum Gasteiger partial charge on any atom is 0.327 e. The molecule has 0 aromatic heterocycles. The van der Waals surface area contributed by atoms with Gasteiger partial charge in [-0.3, -0.25) is 4.90 Å². The number of ether oxygens (including phenoxy) is 1. The first-order valence-electron chi connectivity index (χ1n) is 7.19. The van der Waals surface area contributed by atoms with Gasteiger partial charge in [-0.15, -0.1) is 12.4 Å². The van der Waals surface area contributed by atoms with Crippen LogP contribution in [0.1, 0.15) is 43.4 Å². The molecule has 0 N–H and O–H groups in total. The third-order valence-electron chi connectivity index (χ3n) is 3.66. The molecule has 0 spiro atoms. The molecule has 2 rings (SSSR count). The van der Waals surface area contributed by atoms with Crippen molar-refractivity contribution in [3.05, 3.63) is 35.4 Å². The Balaban J connectivity index is 0.00000200. The van der Waals surface area contributed by atoms with Crippen LogP contribution in [0.15, 0.2) is 24.3 Å². The molecule has 1 atom stereocenters. The summed E-state index contributed by atoms with van der Waals surface area (Å²) in [5.74, 6) is -0.117. The van der Waals surface area contributed by atoms with Crippen LogP contribution in [-0.2, 0) is 9.53 Å². The smallest absolute Gasteiger partial charge is 0.327 e. The van der Waals surface area contributed by atoms with Crippen molar-refractivity contribution in [2.75, 3.05) is 19.7 Å². The molecule has 20 heavy (non-hydrogen) atoms. The first-order valence-corrected chi connectivity index (χ1v) is 7.19. The highest BCUT2D eigenvalue weighted by Gasteiger charge is 2.29. The van der Waals surface area contributed by atoms with Crippen molar-refractivity contribution < 1.29 is 9.53 Å². The van der Waals surface area contributed by atoms with Gasteiger partial charge in [-0.1, -0.05) is 36.2 Å². The van der Waals surface area contributed by atoms with Gasteiger partial charge in [0, 0.05) is 0 Å². The van der Waals surface area contributed by atoms with Gasteiger partial charge in [-0.25, -0.2) is 4.79 Å². The first kappa shape index (κ1) is 17.0. The molecule has 4 heteroatoms. The predicted octanol–water partition coefficient (Wildman–Crippen LogP) is 3.51. The van der Waals surface area contributed by atoms with Crippen molar-refractivity contribution >= 4 is 18.4 Å². The van der Waals surface area contributed by atoms with Crippen LogP contribution < -0.4 is 0 Å². The second-order valence-corrected chi connectivity index (χ2v) is 5.16. The van der Waals surface area contributed by atoms with Crippen molar-refractivity contribution in [3.63, 3.8) is 0 Å². The number of piperidine rings is 1. The summed E-state index contributed by atoms with van der Waals surface area (Å²) in [5, 5.41) is 0. The predicted molar refractivity (Wildman–Crippen MR) is 83.2 cm³/mol. The number of aryl methyl sites for hydroxylation is 1. The van der Waals surface area contributed by atoms with Crippen molar-refractivity contribution in [3.8, 4) is 0 Å². The summed E-state index contributed by atoms with van der Waals surface area (Å²) in [5.41, 5.74) is 2.26. The number of benzene rings is 1. The zero-order valence-electron chi connectivity index (χ0n) is 12.3. The lowest BCUT2D eigenvalue weighted by atomic mass is 10.0. The monoisotopic (exact) mass is 297 g/mol. The Morgan fingerprint density at radius 1 is 1.20 bits per heavy atom. The maximum atomic E-state index is 12.3. The summed E-state index contributed by atoms with van der Waals surface area (Å²) in [6.07, 6.45) is 3.60. The Morgan fingerprint density at radius 2 is 1.80 bits per heavy atom. The van der Waals surface area contributed by atoms with Crippen molar-refractivity contribution in [1.29, 1.82) is 0 Å². The summed E-state index contributed by atoms with van der Waals surface area (Å²) in [6.45, 7) is 6.33. The second kappa shape index (κ2) is 8.28. The molecule has 1 aliphatic heterocycles. The van der Waals surface area contributed by atoms with Crippen LogP contribution in [0.25, 0.3) is 0 Å². The molecule has 0 bridgehead atoms. The van der Waals surface area contributed by atoms with Gasteiger partial charge in [0.1, 0.15) is 6.04 Å². The molecular formula is C16H24ClNO2. The van der Waals surface area contributed by atoms with Crippen LogP contribution in [-0.4, -0.2) is 30.6 Å². The lowest BCUT2D eigenvalue weighted by Gasteiger charge is -2.33. The molecule has 1 saturated heterocycles. The van der Waals surface area contributed by atoms with E-state index in [4.69, 9.17) is 4.74 Å². The minimum atomic E-state index is -0.235. The Hall–Kier alpha value is -1.06. The van der Waals surface area contributed by atoms with Gasteiger partial charge >= 0.3 is 5.97 Å². The molecule has 1 unspecified atom stereocenters. The van der Waals surface area contributed by atoms with Gasteiger partial charge in [0.15, 0.2) is 0 Å². The zero-order valence-corrected chi connectivity index (χ0v) is 13.1. The minimum Gasteiger partial charge on any atom is -0.465 e. The van der Waals surface area contributed by atoms with E-state index in [1.165, 1.54) is 24.8 Å². The normalized spacial score (nSPS) is 17.1. The molecular weight excluding hydrogens is 274 g/mol. The number of carbonyl (C=O) groups is 1. The Bertz CT molecular complexity index is 413. The first-order chi connectivity index (χ1) is 9.22. The molecule has 1 aromatic carbocycles. The van der Waals surface area contributed by atoms with Gasteiger partial charge in [0.2, 0.25) is 0 Å². The summed E-state index contributed by atoms with van der Waals surface area (Å²) in [4.78, 5) is 14.5. The lowest BCUT2D eigenvalue weighted by molar-refractivity contribution is -0.150. The number of likely N-dealkylation sites (tertiary alicyclic amines) is 1. The van der Waals surface area contributed by atoms with Gasteiger partial charge < -0.3 is 4.74 Å². The number of hydrogen-bond acceptors (Lipinski definition) is 3. The third kappa shape index (κ3) is 4.22. The van der Waals surface area contributed by atoms with Crippen LogP contribution in [0.2, 0.25) is 0 Å². The van der Waals surface area contributed by atoms with Crippen LogP contribution in [0, 0.1) is 6.92 Å². The summed E-state index contributed by atoms with van der Waals surface area (Å²) < 4.78 is 5.26. The molecule has 0 amide bonds. The molecule has 112 valence electrons. The molecule has 1 aliphatic rings. The fraction of sp³-hybridized carbons (Fsp3) is 0.562. The van der Waals surface area contributed by atoms with Crippen LogP contribution >= 0.6 is 12.4 Å². The fourth-order valence-corrected chi connectivity index (χ4v) is 2.64. The number of hydrogen-bond donors (Lipinski definition) is 0. The van der Waals surface area contributed by atoms with Gasteiger partial charge in [0.05, 0.1) is 6.61 Å². The van der Waals surface area contributed by atoms with E-state index < -0.39 is 0 Å². The van der Waals surface area contributed by atoms with Crippen LogP contribution in [0.3, 0.4) is 0 Å². The number of carbonyl (C=O) groups excluding carboxylic acids is 1. The third-order valence-corrected chi connectivity index (χ3v) is 3.66. The van der Waals surface area contributed by atoms with Gasteiger partial charge in [-0.05, 0) is 45.3 Å². The summed E-state index contributed by atoms with van der Waals surface area (Å²) in [6, 6.07) is 7.98. The molecule has 3 nitrogen and oxygen atoms in total. The van der Waals surface area contributed by atoms with E-state index in [0.717, 1.165) is 18.7 Å². The Morgan fingerprint density at radius 3 is 2.35 bits per heavy atom. The molecule has 0 aliphatic carbocycles. The molecule has 1 heterocycles. The summed E-state index contributed by atoms with van der Waals surface area (Å²) in [7, 11) is 0. The van der Waals surface area contributed by atoms with E-state index in [1.807, 2.05) is 19.1 Å². The Kier molecular flexibility index (Phi) is 7.03. The Labute approximate surface area is 127 Å². The highest BCUT2D eigenvalue weighted by Crippen LogP contribution is 2.26. The molecule has 0 saturated carbocycles. The van der Waals surface area contributed by atoms with Crippen molar-refractivity contribution in [2.24, 2.45) is 0 Å². The van der Waals surface area contributed by atoms with Gasteiger partial charge in [0.25, 0.3) is 0 Å². The number of rotatable bonds is 4. The average Bonchev–Trinajstić information content (AvgIpc) is 2.43. The van der Waals surface area contributed by atoms with Gasteiger partial charge in [-0.2, -0.15) is 0 Å². The second-order valence-electron chi connectivity index (χ2n) is 5.16. The number of nitrogens with zero attached hydrogens (tertiary/aromatic N) is 1. The van der Waals surface area contributed by atoms with E-state index in [-0.39, 0.29) is 24.4 Å². The minimum absolute atomic E-state index is 0. The number of esters is 1. The van der Waals surface area contributed by atoms with Crippen LogP contribution in [0.4, 0.5) is 0 Å². The van der Waals surface area contributed by atoms with E-state index in [9.17, 15) is 4.79 Å². The maximum absolute atomic E-state index is 12.3. The molecule has 1 aromatic rings. The summed E-state index contributed by atoms with van der Waals surface area (Å²) >= 11 is 0. The van der Waals surface area contributed by atoms with Crippen LogP contribution in [0.5, 0.6) is 0 Å². The topological polar surface area (TPSA) is 29.5 Å². The van der Waals surface area contributed by atoms with E-state index in [1.54, 1.807) is 0 Å². The lowest BCUT2D eigenvalue weighted by Crippen LogP contribution is -2.38. The van der Waals surface area contributed by atoms with E-state index in [2.05, 4.69) is 24.0 Å². The SMILES string of the molecule is CCOC(=O)C(c1ccc(C)cc1)N1CCCCC1.Cl. The number of halogens is 1. The molecule has 1 fully saturated rings. The molecule has 0 radical (unpaired) electrons. The fourth-order valence-electron chi connectivity index (χ4n) is 2.64. The standard InChI is InChI=1S/C16H23NO2.ClH/c1-3-19-16(18)15(17-11-5-4-6-12-17)14-9-7-13(2)8-10-14;/h7-10,15H,3-6,11-12H2,1-2H3;1H. The van der Waals surface area contributed by atoms with E-state index >= 15 is 0 Å². The zero-order chi connectivity index (χ0) is 13.7. The average molecular weight is 298 g/mol. The highest BCUT2D eigenvalue weighted by atomic mass is 35.5.